The molecule has 200 valence electrons. The molecular formula is C28H63N5. The van der Waals surface area contributed by atoms with Gasteiger partial charge in [-0.1, -0.05) is 82.1 Å². The number of hydrazine groups is 1. The van der Waals surface area contributed by atoms with Crippen molar-refractivity contribution in [2.45, 2.75) is 157 Å². The van der Waals surface area contributed by atoms with Crippen molar-refractivity contribution in [1.82, 2.24) is 10.3 Å². The van der Waals surface area contributed by atoms with E-state index in [4.69, 9.17) is 17.3 Å². The van der Waals surface area contributed by atoms with Gasteiger partial charge in [-0.05, 0) is 75.7 Å². The Hall–Kier alpha value is -0.200. The number of hydrogen-bond acceptors (Lipinski definition) is 5. The third-order valence-electron chi connectivity index (χ3n) is 8.43. The second-order valence-electron chi connectivity index (χ2n) is 12.6. The minimum Gasteiger partial charge on any atom is -0.321 e. The molecule has 0 aromatic rings. The topological polar surface area (TPSA) is 93.3 Å². The van der Waals surface area contributed by atoms with Crippen LogP contribution in [0.1, 0.15) is 134 Å². The Labute approximate surface area is 208 Å². The van der Waals surface area contributed by atoms with Crippen LogP contribution in [0.2, 0.25) is 0 Å². The number of nitrogens with two attached hydrogens (primary N) is 3. The zero-order valence-electron chi connectivity index (χ0n) is 24.5. The third-order valence-corrected chi connectivity index (χ3v) is 8.43. The number of unbranched alkanes of at least 4 members (excludes halogenated alkanes) is 1. The van der Waals surface area contributed by atoms with Gasteiger partial charge in [-0.2, -0.15) is 0 Å². The summed E-state index contributed by atoms with van der Waals surface area (Å²) in [5.74, 6) is 8.13. The van der Waals surface area contributed by atoms with Crippen molar-refractivity contribution in [2.75, 3.05) is 6.54 Å². The maximum absolute atomic E-state index is 7.59. The summed E-state index contributed by atoms with van der Waals surface area (Å²) in [6.07, 6.45) is 8.87. The van der Waals surface area contributed by atoms with Crippen molar-refractivity contribution < 1.29 is 0 Å². The molecule has 0 spiro atoms. The average Bonchev–Trinajstić information content (AvgIpc) is 2.73. The van der Waals surface area contributed by atoms with Gasteiger partial charge in [-0.15, -0.1) is 0 Å². The van der Waals surface area contributed by atoms with Crippen LogP contribution >= 0.6 is 0 Å². The first-order valence-electron chi connectivity index (χ1n) is 14.0. The van der Waals surface area contributed by atoms with E-state index in [-0.39, 0.29) is 17.0 Å². The van der Waals surface area contributed by atoms with Gasteiger partial charge >= 0.3 is 0 Å². The van der Waals surface area contributed by atoms with Gasteiger partial charge in [0.05, 0.1) is 5.54 Å². The first kappa shape index (κ1) is 32.8. The molecule has 0 heterocycles. The molecule has 0 aliphatic rings. The summed E-state index contributed by atoms with van der Waals surface area (Å²) < 4.78 is 0. The van der Waals surface area contributed by atoms with Crippen molar-refractivity contribution in [1.29, 1.82) is 0 Å². The van der Waals surface area contributed by atoms with Gasteiger partial charge in [0.2, 0.25) is 0 Å². The summed E-state index contributed by atoms with van der Waals surface area (Å²) in [6, 6.07) is 0.219. The first-order valence-corrected chi connectivity index (χ1v) is 14.0. The molecule has 0 rings (SSSR count). The van der Waals surface area contributed by atoms with Crippen LogP contribution in [0.15, 0.2) is 0 Å². The number of nitrogens with one attached hydrogen (secondary N) is 1. The molecule has 0 radical (unpaired) electrons. The predicted molar refractivity (Wildman–Crippen MR) is 148 cm³/mol. The summed E-state index contributed by atoms with van der Waals surface area (Å²) in [4.78, 5) is 0. The lowest BCUT2D eigenvalue weighted by molar-refractivity contribution is -0.0752. The van der Waals surface area contributed by atoms with E-state index in [1.165, 1.54) is 0 Å². The van der Waals surface area contributed by atoms with Gasteiger partial charge in [0, 0.05) is 11.6 Å². The highest BCUT2D eigenvalue weighted by molar-refractivity contribution is 5.18. The maximum Gasteiger partial charge on any atom is 0.102 e. The Morgan fingerprint density at radius 2 is 1.45 bits per heavy atom. The fourth-order valence-electron chi connectivity index (χ4n) is 5.35. The van der Waals surface area contributed by atoms with E-state index < -0.39 is 11.2 Å². The Morgan fingerprint density at radius 3 is 1.85 bits per heavy atom. The van der Waals surface area contributed by atoms with Gasteiger partial charge < -0.3 is 16.8 Å². The van der Waals surface area contributed by atoms with Crippen LogP contribution < -0.4 is 22.6 Å². The average molecular weight is 470 g/mol. The van der Waals surface area contributed by atoms with Crippen molar-refractivity contribution >= 4 is 0 Å². The SMILES string of the molecule is CCCCNC(C)(CC(C)C(C)C)C(N)(CC)C(N)(CCC(C)(C)C)N(N)C(CC)CCC. The molecule has 0 aromatic carbocycles. The molecule has 5 nitrogen and oxygen atoms in total. The Balaban J connectivity index is 6.69. The second kappa shape index (κ2) is 13.8. The van der Waals surface area contributed by atoms with Crippen molar-refractivity contribution in [3.05, 3.63) is 0 Å². The highest BCUT2D eigenvalue weighted by atomic mass is 15.5. The second-order valence-corrected chi connectivity index (χ2v) is 12.6. The molecule has 5 atom stereocenters. The predicted octanol–water partition coefficient (Wildman–Crippen LogP) is 6.16. The van der Waals surface area contributed by atoms with Crippen LogP contribution in [0, 0.1) is 17.3 Å². The van der Waals surface area contributed by atoms with Crippen LogP contribution in [0.25, 0.3) is 0 Å². The number of rotatable bonds is 17. The highest BCUT2D eigenvalue weighted by Crippen LogP contribution is 2.43. The lowest BCUT2D eigenvalue weighted by atomic mass is 9.62. The summed E-state index contributed by atoms with van der Waals surface area (Å²) in [7, 11) is 0. The van der Waals surface area contributed by atoms with Crippen LogP contribution in [-0.2, 0) is 0 Å². The molecule has 0 aliphatic heterocycles. The molecule has 0 amide bonds. The molecular weight excluding hydrogens is 406 g/mol. The largest absolute Gasteiger partial charge is 0.321 e. The first-order chi connectivity index (χ1) is 15.1. The summed E-state index contributed by atoms with van der Waals surface area (Å²) in [5, 5.41) is 5.93. The fraction of sp³-hybridized carbons (Fsp3) is 1.00. The van der Waals surface area contributed by atoms with E-state index in [0.717, 1.165) is 64.3 Å². The highest BCUT2D eigenvalue weighted by Gasteiger charge is 2.59. The van der Waals surface area contributed by atoms with E-state index in [9.17, 15) is 0 Å². The molecule has 0 saturated carbocycles. The zero-order valence-corrected chi connectivity index (χ0v) is 24.5. The van der Waals surface area contributed by atoms with Crippen LogP contribution in [0.5, 0.6) is 0 Å². The zero-order chi connectivity index (χ0) is 26.1. The number of nitrogens with zero attached hydrogens (tertiary/aromatic N) is 1. The monoisotopic (exact) mass is 470 g/mol. The Morgan fingerprint density at radius 1 is 0.879 bits per heavy atom. The van der Waals surface area contributed by atoms with Gasteiger partial charge in [-0.3, -0.25) is 5.84 Å². The Kier molecular flexibility index (Phi) is 13.7. The molecule has 0 aliphatic carbocycles. The summed E-state index contributed by atoms with van der Waals surface area (Å²) >= 11 is 0. The Bertz CT molecular complexity index is 531. The van der Waals surface area contributed by atoms with Crippen LogP contribution in [-0.4, -0.2) is 34.3 Å². The standard InChI is InChI=1S/C28H63N5/c1-12-16-20-32-26(11,21-23(7)22(5)6)27(29,15-4)28(30,19-18-25(8,9)10)33(31)24(14-3)17-13-2/h22-24,32H,12-21,29-31H2,1-11H3. The van der Waals surface area contributed by atoms with Crippen molar-refractivity contribution in [2.24, 2.45) is 34.6 Å². The van der Waals surface area contributed by atoms with Gasteiger partial charge in [0.15, 0.2) is 0 Å². The molecule has 5 heteroatoms. The minimum atomic E-state index is -0.824. The minimum absolute atomic E-state index is 0.157. The fourth-order valence-corrected chi connectivity index (χ4v) is 5.35. The van der Waals surface area contributed by atoms with E-state index in [1.54, 1.807) is 0 Å². The van der Waals surface area contributed by atoms with Gasteiger partial charge in [-0.25, -0.2) is 5.01 Å². The molecule has 33 heavy (non-hydrogen) atoms. The van der Waals surface area contributed by atoms with E-state index >= 15 is 0 Å². The van der Waals surface area contributed by atoms with Gasteiger partial charge in [0.1, 0.15) is 5.66 Å². The maximum atomic E-state index is 7.59. The van der Waals surface area contributed by atoms with Crippen molar-refractivity contribution in [3.8, 4) is 0 Å². The molecule has 5 unspecified atom stereocenters. The lowest BCUT2D eigenvalue weighted by Crippen LogP contribution is -2.85. The van der Waals surface area contributed by atoms with E-state index in [1.807, 2.05) is 5.01 Å². The third kappa shape index (κ3) is 8.45. The van der Waals surface area contributed by atoms with Crippen LogP contribution in [0.4, 0.5) is 0 Å². The lowest BCUT2D eigenvalue weighted by Gasteiger charge is -2.61. The molecule has 0 aromatic heterocycles. The van der Waals surface area contributed by atoms with E-state index in [0.29, 0.717) is 11.8 Å². The van der Waals surface area contributed by atoms with Crippen LogP contribution in [0.3, 0.4) is 0 Å². The quantitative estimate of drug-likeness (QED) is 0.0885. The summed E-state index contributed by atoms with van der Waals surface area (Å²) in [6.45, 7) is 25.9. The van der Waals surface area contributed by atoms with E-state index in [2.05, 4.69) is 81.5 Å². The smallest absolute Gasteiger partial charge is 0.102 e. The molecule has 0 saturated heterocycles. The normalized spacial score (nSPS) is 20.4. The van der Waals surface area contributed by atoms with Gasteiger partial charge in [0.25, 0.3) is 0 Å². The molecule has 7 N–H and O–H groups in total. The number of hydrogen-bond donors (Lipinski definition) is 4. The molecule has 0 fully saturated rings. The summed E-state index contributed by atoms with van der Waals surface area (Å²) in [5.41, 5.74) is 13.4. The van der Waals surface area contributed by atoms with Crippen molar-refractivity contribution in [3.63, 3.8) is 0 Å². The molecule has 0 bridgehead atoms.